The number of hydrogen-bond donors (Lipinski definition) is 0. The summed E-state index contributed by atoms with van der Waals surface area (Å²) in [5.41, 5.74) is 0. The molecule has 0 saturated heterocycles. The van der Waals surface area contributed by atoms with Crippen molar-refractivity contribution in [1.82, 2.24) is 0 Å². The molecule has 0 amide bonds. The third-order valence-electron chi connectivity index (χ3n) is 0.287. The molecule has 2 heteroatoms. The Bertz CT molecular complexity index is 62.7. The first kappa shape index (κ1) is 9.65. The number of carbonyl (C=O) groups is 1. The second-order valence-corrected chi connectivity index (χ2v) is 0.815. The average molecular weight is 94.1 g/mol. The zero-order valence-corrected chi connectivity index (χ0v) is 6.19. The molecule has 0 aromatic heterocycles. The van der Waals surface area contributed by atoms with Crippen molar-refractivity contribution in [3.05, 3.63) is 12.7 Å². The van der Waals surface area contributed by atoms with E-state index in [-0.39, 0.29) is 36.8 Å². The molecule has 0 aliphatic heterocycles. The minimum absolute atomic E-state index is 0. The van der Waals surface area contributed by atoms with Crippen LogP contribution in [0.4, 0.5) is 0 Å². The van der Waals surface area contributed by atoms with Gasteiger partial charge in [0.15, 0.2) is 5.78 Å². The number of hydrogen-bond acceptors (Lipinski definition) is 1. The van der Waals surface area contributed by atoms with Gasteiger partial charge in [-0.2, -0.15) is 0 Å². The molecule has 0 N–H and O–H groups in total. The van der Waals surface area contributed by atoms with Crippen LogP contribution >= 0.6 is 0 Å². The van der Waals surface area contributed by atoms with Crippen molar-refractivity contribution in [3.8, 4) is 0 Å². The van der Waals surface area contributed by atoms with E-state index < -0.39 is 0 Å². The standard InChI is InChI=1S/C4H6O.Na.H/c1-3-4(2)5;;/h3H,1H2,2H3;;/q;+1;-1. The largest absolute Gasteiger partial charge is 1.00 e. The fraction of sp³-hybridized carbons (Fsp3) is 0.250. The zero-order chi connectivity index (χ0) is 4.28. The van der Waals surface area contributed by atoms with Gasteiger partial charge < -0.3 is 1.43 Å². The van der Waals surface area contributed by atoms with Crippen molar-refractivity contribution >= 4 is 5.78 Å². The first-order valence-corrected chi connectivity index (χ1v) is 1.40. The third-order valence-corrected chi connectivity index (χ3v) is 0.287. The summed E-state index contributed by atoms with van der Waals surface area (Å²) in [5.74, 6) is 0.0185. The first-order valence-electron chi connectivity index (χ1n) is 1.40. The molecule has 0 aliphatic rings. The summed E-state index contributed by atoms with van der Waals surface area (Å²) in [6.07, 6.45) is 1.28. The van der Waals surface area contributed by atoms with Gasteiger partial charge in [-0.1, -0.05) is 6.58 Å². The Labute approximate surface area is 61.2 Å². The van der Waals surface area contributed by atoms with Crippen LogP contribution in [0.2, 0.25) is 0 Å². The predicted molar refractivity (Wildman–Crippen MR) is 22.0 cm³/mol. The molecule has 0 heterocycles. The SMILES string of the molecule is C=CC(C)=O.[H-].[Na+]. The van der Waals surface area contributed by atoms with Gasteiger partial charge in [-0.15, -0.1) is 0 Å². The van der Waals surface area contributed by atoms with Crippen LogP contribution < -0.4 is 29.6 Å². The summed E-state index contributed by atoms with van der Waals surface area (Å²) in [6.45, 7) is 4.68. The summed E-state index contributed by atoms with van der Waals surface area (Å²) >= 11 is 0. The van der Waals surface area contributed by atoms with Crippen molar-refractivity contribution in [2.24, 2.45) is 0 Å². The van der Waals surface area contributed by atoms with Gasteiger partial charge in [0.05, 0.1) is 0 Å². The summed E-state index contributed by atoms with van der Waals surface area (Å²) in [5, 5.41) is 0. The van der Waals surface area contributed by atoms with Gasteiger partial charge in [-0.25, -0.2) is 0 Å². The molecule has 1 nitrogen and oxygen atoms in total. The van der Waals surface area contributed by atoms with E-state index >= 15 is 0 Å². The Morgan fingerprint density at radius 1 is 2.00 bits per heavy atom. The number of ketones is 1. The van der Waals surface area contributed by atoms with Crippen LogP contribution in [0.1, 0.15) is 8.35 Å². The normalized spacial score (nSPS) is 5.50. The minimum atomic E-state index is 0. The Hall–Kier alpha value is 0.410. The van der Waals surface area contributed by atoms with Gasteiger partial charge in [0.25, 0.3) is 0 Å². The molecule has 6 heavy (non-hydrogen) atoms. The van der Waals surface area contributed by atoms with Gasteiger partial charge in [0, 0.05) is 0 Å². The van der Waals surface area contributed by atoms with E-state index in [4.69, 9.17) is 0 Å². The maximum atomic E-state index is 9.69. The number of rotatable bonds is 1. The molecule has 0 bridgehead atoms. The van der Waals surface area contributed by atoms with Gasteiger partial charge in [0.1, 0.15) is 0 Å². The molecule has 0 atom stereocenters. The second-order valence-electron chi connectivity index (χ2n) is 0.815. The Morgan fingerprint density at radius 2 is 2.17 bits per heavy atom. The fourth-order valence-electron chi connectivity index (χ4n) is 0. The van der Waals surface area contributed by atoms with Crippen LogP contribution in [-0.2, 0) is 4.79 Å². The Balaban J connectivity index is -0.0000000800. The summed E-state index contributed by atoms with van der Waals surface area (Å²) in [4.78, 5) is 9.69. The van der Waals surface area contributed by atoms with Crippen LogP contribution in [0.25, 0.3) is 0 Å². The molecular formula is C4H7NaO. The summed E-state index contributed by atoms with van der Waals surface area (Å²) in [6, 6.07) is 0. The monoisotopic (exact) mass is 94.0 g/mol. The molecule has 30 valence electrons. The molecule has 0 rings (SSSR count). The van der Waals surface area contributed by atoms with E-state index in [0.29, 0.717) is 0 Å². The van der Waals surface area contributed by atoms with Crippen LogP contribution in [0.5, 0.6) is 0 Å². The van der Waals surface area contributed by atoms with Crippen LogP contribution in [0, 0.1) is 0 Å². The minimum Gasteiger partial charge on any atom is -1.00 e. The molecule has 0 fully saturated rings. The van der Waals surface area contributed by atoms with Gasteiger partial charge >= 0.3 is 29.6 Å². The van der Waals surface area contributed by atoms with E-state index in [1.807, 2.05) is 0 Å². The third kappa shape index (κ3) is 8.83. The predicted octanol–water partition coefficient (Wildman–Crippen LogP) is -2.12. The van der Waals surface area contributed by atoms with Gasteiger partial charge in [-0.05, 0) is 13.0 Å². The maximum absolute atomic E-state index is 9.69. The van der Waals surface area contributed by atoms with E-state index in [9.17, 15) is 4.79 Å². The Morgan fingerprint density at radius 3 is 2.17 bits per heavy atom. The van der Waals surface area contributed by atoms with Gasteiger partial charge in [-0.3, -0.25) is 4.79 Å². The average Bonchev–Trinajstić information content (AvgIpc) is 1.38. The van der Waals surface area contributed by atoms with Crippen molar-refractivity contribution in [2.75, 3.05) is 0 Å². The Kier molecular flexibility index (Phi) is 8.70. The molecule has 0 aromatic carbocycles. The quantitative estimate of drug-likeness (QED) is 0.268. The van der Waals surface area contributed by atoms with Gasteiger partial charge in [0.2, 0.25) is 0 Å². The molecule has 0 unspecified atom stereocenters. The number of carbonyl (C=O) groups excluding carboxylic acids is 1. The van der Waals surface area contributed by atoms with Crippen molar-refractivity contribution in [1.29, 1.82) is 0 Å². The summed E-state index contributed by atoms with van der Waals surface area (Å²) in [7, 11) is 0. The van der Waals surface area contributed by atoms with Crippen molar-refractivity contribution in [3.63, 3.8) is 0 Å². The van der Waals surface area contributed by atoms with E-state index in [1.165, 1.54) is 13.0 Å². The fourth-order valence-corrected chi connectivity index (χ4v) is 0. The first-order chi connectivity index (χ1) is 2.27. The molecular weight excluding hydrogens is 87.0 g/mol. The van der Waals surface area contributed by atoms with Crippen LogP contribution in [0.3, 0.4) is 0 Å². The topological polar surface area (TPSA) is 17.1 Å². The van der Waals surface area contributed by atoms with Crippen LogP contribution in [-0.4, -0.2) is 5.78 Å². The van der Waals surface area contributed by atoms with E-state index in [2.05, 4.69) is 6.58 Å². The molecule has 0 radical (unpaired) electrons. The van der Waals surface area contributed by atoms with E-state index in [0.717, 1.165) is 0 Å². The second kappa shape index (κ2) is 5.41. The molecule has 0 aromatic rings. The molecule has 0 aliphatic carbocycles. The summed E-state index contributed by atoms with van der Waals surface area (Å²) < 4.78 is 0. The zero-order valence-electron chi connectivity index (χ0n) is 5.19. The van der Waals surface area contributed by atoms with Crippen molar-refractivity contribution < 1.29 is 35.8 Å². The van der Waals surface area contributed by atoms with Crippen LogP contribution in [0.15, 0.2) is 12.7 Å². The smallest absolute Gasteiger partial charge is 1.00 e. The molecule has 0 saturated carbocycles. The number of allylic oxidation sites excluding steroid dienone is 1. The van der Waals surface area contributed by atoms with Crippen molar-refractivity contribution in [2.45, 2.75) is 6.92 Å². The maximum Gasteiger partial charge on any atom is 1.00 e. The van der Waals surface area contributed by atoms with E-state index in [1.54, 1.807) is 0 Å². The molecule has 0 spiro atoms.